The molecule has 0 saturated heterocycles. The van der Waals surface area contributed by atoms with Crippen molar-refractivity contribution in [2.45, 2.75) is 6.42 Å². The smallest absolute Gasteiger partial charge is 0.261 e. The van der Waals surface area contributed by atoms with Crippen molar-refractivity contribution >= 4 is 45.4 Å². The van der Waals surface area contributed by atoms with Crippen molar-refractivity contribution in [3.63, 3.8) is 0 Å². The van der Waals surface area contributed by atoms with Crippen LogP contribution in [0.3, 0.4) is 0 Å². The van der Waals surface area contributed by atoms with Gasteiger partial charge >= 0.3 is 0 Å². The second-order valence-electron chi connectivity index (χ2n) is 6.03. The topological polar surface area (TPSA) is 99.1 Å². The molecule has 28 heavy (non-hydrogen) atoms. The molecule has 2 amide bonds. The van der Waals surface area contributed by atoms with Crippen LogP contribution in [0.2, 0.25) is 0 Å². The predicted octanol–water partition coefficient (Wildman–Crippen LogP) is 3.37. The van der Waals surface area contributed by atoms with E-state index in [0.29, 0.717) is 10.6 Å². The highest BCUT2D eigenvalue weighted by molar-refractivity contribution is 7.12. The number of carbonyl (C=O) groups excluding carboxylic acids is 3. The molecule has 0 aliphatic rings. The Balaban J connectivity index is 1.60. The monoisotopic (exact) mass is 391 g/mol. The summed E-state index contributed by atoms with van der Waals surface area (Å²) in [5.41, 5.74) is 0.544. The molecule has 0 aliphatic carbocycles. The molecule has 1 aromatic heterocycles. The van der Waals surface area contributed by atoms with Gasteiger partial charge in [-0.1, -0.05) is 42.5 Å². The van der Waals surface area contributed by atoms with Crippen molar-refractivity contribution in [1.82, 2.24) is 5.32 Å². The number of amides is 2. The highest BCUT2D eigenvalue weighted by Gasteiger charge is 2.26. The Labute approximate surface area is 165 Å². The lowest BCUT2D eigenvalue weighted by atomic mass is 10.0. The second-order valence-corrected chi connectivity index (χ2v) is 6.98. The summed E-state index contributed by atoms with van der Waals surface area (Å²) in [6.07, 6.45) is -0.0989. The van der Waals surface area contributed by atoms with E-state index in [-0.39, 0.29) is 18.9 Å². The third-order valence-electron chi connectivity index (χ3n) is 4.16. The maximum atomic E-state index is 12.5. The van der Waals surface area contributed by atoms with E-state index in [4.69, 9.17) is 0 Å². The molecule has 0 saturated carbocycles. The molecule has 3 aromatic rings. The summed E-state index contributed by atoms with van der Waals surface area (Å²) in [5, 5.41) is 18.1. The van der Waals surface area contributed by atoms with Gasteiger partial charge in [0.05, 0.1) is 10.9 Å². The second kappa shape index (κ2) is 8.93. The van der Waals surface area contributed by atoms with Crippen LogP contribution in [0.5, 0.6) is 0 Å². The first-order chi connectivity index (χ1) is 13.6. The van der Waals surface area contributed by atoms with Gasteiger partial charge in [-0.15, -0.1) is 11.3 Å². The molecule has 3 rings (SSSR count). The fourth-order valence-corrected chi connectivity index (χ4v) is 3.39. The summed E-state index contributed by atoms with van der Waals surface area (Å²) >= 11 is 1.29. The van der Waals surface area contributed by atoms with E-state index in [0.717, 1.165) is 10.8 Å². The van der Waals surface area contributed by atoms with E-state index in [9.17, 15) is 19.6 Å². The lowest BCUT2D eigenvalue weighted by Crippen LogP contribution is -2.32. The maximum absolute atomic E-state index is 12.5. The minimum absolute atomic E-state index is 0.0648. The Hall–Kier alpha value is -3.50. The Morgan fingerprint density at radius 1 is 1.04 bits per heavy atom. The van der Waals surface area contributed by atoms with E-state index < -0.39 is 17.6 Å². The van der Waals surface area contributed by atoms with Gasteiger partial charge in [0.25, 0.3) is 5.91 Å². The van der Waals surface area contributed by atoms with E-state index in [1.807, 2.05) is 30.3 Å². The average molecular weight is 391 g/mol. The van der Waals surface area contributed by atoms with Crippen LogP contribution in [0.15, 0.2) is 60.0 Å². The first kappa shape index (κ1) is 19.3. The standard InChI is InChI=1S/C21H17N3O3S/c22-13-16(18(25)10-11-23-21(27)19-9-4-12-28-19)20(26)24-17-8-3-6-14-5-1-2-7-15(14)17/h1-9,12,16H,10-11H2,(H,23,27)(H,24,26). The van der Waals surface area contributed by atoms with Crippen molar-refractivity contribution in [3.8, 4) is 6.07 Å². The van der Waals surface area contributed by atoms with Crippen molar-refractivity contribution in [2.75, 3.05) is 11.9 Å². The normalized spacial score (nSPS) is 11.4. The summed E-state index contributed by atoms with van der Waals surface area (Å²) in [6.45, 7) is 0.0648. The molecular formula is C21H17N3O3S. The SMILES string of the molecule is N#CC(C(=O)CCNC(=O)c1cccs1)C(=O)Nc1cccc2ccccc12. The molecule has 0 bridgehead atoms. The molecule has 1 heterocycles. The van der Waals surface area contributed by atoms with Crippen LogP contribution in [-0.2, 0) is 9.59 Å². The number of fused-ring (bicyclic) bond motifs is 1. The van der Waals surface area contributed by atoms with Gasteiger partial charge in [0.1, 0.15) is 0 Å². The van der Waals surface area contributed by atoms with Gasteiger partial charge in [0.15, 0.2) is 11.7 Å². The largest absolute Gasteiger partial charge is 0.351 e. The fourth-order valence-electron chi connectivity index (χ4n) is 2.75. The number of hydrogen-bond acceptors (Lipinski definition) is 5. The number of anilines is 1. The zero-order valence-corrected chi connectivity index (χ0v) is 15.7. The van der Waals surface area contributed by atoms with Gasteiger partial charge in [-0.25, -0.2) is 0 Å². The first-order valence-corrected chi connectivity index (χ1v) is 9.51. The van der Waals surface area contributed by atoms with Crippen LogP contribution in [0.1, 0.15) is 16.1 Å². The number of carbonyl (C=O) groups is 3. The summed E-state index contributed by atoms with van der Waals surface area (Å²) in [5.74, 6) is -2.92. The number of hydrogen-bond donors (Lipinski definition) is 2. The lowest BCUT2D eigenvalue weighted by molar-refractivity contribution is -0.128. The number of nitriles is 1. The molecule has 0 radical (unpaired) electrons. The van der Waals surface area contributed by atoms with Crippen molar-refractivity contribution in [2.24, 2.45) is 5.92 Å². The Kier molecular flexibility index (Phi) is 6.14. The molecular weight excluding hydrogens is 374 g/mol. The van der Waals surface area contributed by atoms with Gasteiger partial charge < -0.3 is 10.6 Å². The summed E-state index contributed by atoms with van der Waals surface area (Å²) in [7, 11) is 0. The summed E-state index contributed by atoms with van der Waals surface area (Å²) < 4.78 is 0. The first-order valence-electron chi connectivity index (χ1n) is 8.63. The number of nitrogens with zero attached hydrogens (tertiary/aromatic N) is 1. The van der Waals surface area contributed by atoms with Crippen LogP contribution in [0, 0.1) is 17.2 Å². The van der Waals surface area contributed by atoms with Crippen molar-refractivity contribution < 1.29 is 14.4 Å². The molecule has 0 fully saturated rings. The van der Waals surface area contributed by atoms with Crippen molar-refractivity contribution in [1.29, 1.82) is 5.26 Å². The number of rotatable bonds is 7. The average Bonchev–Trinajstić information content (AvgIpc) is 3.24. The molecule has 0 spiro atoms. The van der Waals surface area contributed by atoms with Gasteiger partial charge in [-0.05, 0) is 22.9 Å². The van der Waals surface area contributed by atoms with Crippen LogP contribution in [0.4, 0.5) is 5.69 Å². The minimum Gasteiger partial charge on any atom is -0.351 e. The van der Waals surface area contributed by atoms with Crippen LogP contribution in [-0.4, -0.2) is 24.1 Å². The number of Topliss-reactive ketones (excluding diaryl/α,β-unsaturated/α-hetero) is 1. The summed E-state index contributed by atoms with van der Waals surface area (Å²) in [4.78, 5) is 37.2. The van der Waals surface area contributed by atoms with E-state index >= 15 is 0 Å². The van der Waals surface area contributed by atoms with Gasteiger partial charge in [0, 0.05) is 24.0 Å². The Bertz CT molecular complexity index is 1050. The van der Waals surface area contributed by atoms with Gasteiger partial charge in [-0.3, -0.25) is 14.4 Å². The number of ketones is 1. The Morgan fingerprint density at radius 2 is 1.82 bits per heavy atom. The quantitative estimate of drug-likeness (QED) is 0.603. The summed E-state index contributed by atoms with van der Waals surface area (Å²) in [6, 6.07) is 18.1. The van der Waals surface area contributed by atoms with E-state index in [1.165, 1.54) is 11.3 Å². The van der Waals surface area contributed by atoms with Gasteiger partial charge in [0.2, 0.25) is 5.91 Å². The number of thiophene rings is 1. The minimum atomic E-state index is -1.43. The van der Waals surface area contributed by atoms with Crippen LogP contribution in [0.25, 0.3) is 10.8 Å². The highest BCUT2D eigenvalue weighted by Crippen LogP contribution is 2.23. The van der Waals surface area contributed by atoms with Crippen LogP contribution < -0.4 is 10.6 Å². The molecule has 2 N–H and O–H groups in total. The molecule has 1 unspecified atom stereocenters. The molecule has 140 valence electrons. The van der Waals surface area contributed by atoms with Crippen LogP contribution >= 0.6 is 11.3 Å². The molecule has 6 nitrogen and oxygen atoms in total. The Morgan fingerprint density at radius 3 is 2.57 bits per heavy atom. The third kappa shape index (κ3) is 4.42. The molecule has 7 heteroatoms. The molecule has 1 atom stereocenters. The maximum Gasteiger partial charge on any atom is 0.261 e. The van der Waals surface area contributed by atoms with E-state index in [2.05, 4.69) is 10.6 Å². The zero-order valence-electron chi connectivity index (χ0n) is 14.8. The molecule has 2 aromatic carbocycles. The number of nitrogens with one attached hydrogen (secondary N) is 2. The fraction of sp³-hybridized carbons (Fsp3) is 0.143. The third-order valence-corrected chi connectivity index (χ3v) is 5.03. The zero-order chi connectivity index (χ0) is 19.9. The lowest BCUT2D eigenvalue weighted by Gasteiger charge is -2.12. The number of benzene rings is 2. The highest BCUT2D eigenvalue weighted by atomic mass is 32.1. The predicted molar refractivity (Wildman–Crippen MR) is 108 cm³/mol. The van der Waals surface area contributed by atoms with Gasteiger partial charge in [-0.2, -0.15) is 5.26 Å². The van der Waals surface area contributed by atoms with E-state index in [1.54, 1.807) is 35.7 Å². The molecule has 0 aliphatic heterocycles. The van der Waals surface area contributed by atoms with Crippen molar-refractivity contribution in [3.05, 3.63) is 64.9 Å².